The van der Waals surface area contributed by atoms with Gasteiger partial charge in [0, 0.05) is 6.42 Å². The number of carbonyl (C=O) groups is 3. The molecule has 0 bridgehead atoms. The van der Waals surface area contributed by atoms with Crippen molar-refractivity contribution < 1.29 is 29.1 Å². The Hall–Kier alpha value is -2.12. The number of nitrogens with zero attached hydrogens (tertiary/aromatic N) is 1. The van der Waals surface area contributed by atoms with E-state index in [-0.39, 0.29) is 25.2 Å². The Labute approximate surface area is 147 Å². The van der Waals surface area contributed by atoms with E-state index in [4.69, 9.17) is 14.7 Å². The fraction of sp³-hybridized carbons (Fsp3) is 0.765. The summed E-state index contributed by atoms with van der Waals surface area (Å²) in [6, 6.07) is 0. The van der Waals surface area contributed by atoms with Gasteiger partial charge >= 0.3 is 11.9 Å². The van der Waals surface area contributed by atoms with Crippen LogP contribution < -0.4 is 5.32 Å². The predicted octanol–water partition coefficient (Wildman–Crippen LogP) is 1.85. The van der Waals surface area contributed by atoms with Gasteiger partial charge < -0.3 is 20.0 Å². The van der Waals surface area contributed by atoms with E-state index in [1.165, 1.54) is 6.42 Å². The van der Waals surface area contributed by atoms with Crippen molar-refractivity contribution in [2.45, 2.75) is 52.4 Å². The fourth-order valence-electron chi connectivity index (χ4n) is 2.62. The summed E-state index contributed by atoms with van der Waals surface area (Å²) in [4.78, 5) is 35.6. The quantitative estimate of drug-likeness (QED) is 0.163. The van der Waals surface area contributed by atoms with Gasteiger partial charge in [0.25, 0.3) is 0 Å². The van der Waals surface area contributed by atoms with Gasteiger partial charge in [-0.2, -0.15) is 0 Å². The molecule has 1 amide bonds. The third-order valence-corrected chi connectivity index (χ3v) is 3.97. The van der Waals surface area contributed by atoms with E-state index in [1.807, 2.05) is 13.8 Å². The summed E-state index contributed by atoms with van der Waals surface area (Å²) in [5, 5.41) is 13.7. The van der Waals surface area contributed by atoms with E-state index in [1.54, 1.807) is 0 Å². The maximum atomic E-state index is 12.0. The van der Waals surface area contributed by atoms with Crippen molar-refractivity contribution in [3.63, 3.8) is 0 Å². The molecule has 1 atom stereocenters. The summed E-state index contributed by atoms with van der Waals surface area (Å²) in [6.07, 6.45) is 6.65. The number of rotatable bonds is 9. The molecule has 0 spiro atoms. The van der Waals surface area contributed by atoms with E-state index in [2.05, 4.69) is 10.5 Å². The molecule has 1 rings (SSSR count). The monoisotopic (exact) mass is 356 g/mol. The van der Waals surface area contributed by atoms with Gasteiger partial charge in [0.2, 0.25) is 5.91 Å². The smallest absolute Gasteiger partial charge is 0.324 e. The van der Waals surface area contributed by atoms with Crippen LogP contribution in [0.15, 0.2) is 5.16 Å². The lowest BCUT2D eigenvalue weighted by molar-refractivity contribution is -0.151. The first-order chi connectivity index (χ1) is 11.9. The summed E-state index contributed by atoms with van der Waals surface area (Å²) in [5.74, 6) is -2.88. The second kappa shape index (κ2) is 11.4. The van der Waals surface area contributed by atoms with E-state index in [9.17, 15) is 14.4 Å². The second-order valence-electron chi connectivity index (χ2n) is 6.68. The summed E-state index contributed by atoms with van der Waals surface area (Å²) in [5.41, 5.74) is 0. The average molecular weight is 356 g/mol. The molecule has 0 radical (unpaired) electrons. The van der Waals surface area contributed by atoms with Crippen LogP contribution in [0, 0.1) is 17.8 Å². The normalized spacial score (nSPS) is 16.6. The maximum absolute atomic E-state index is 12.0. The van der Waals surface area contributed by atoms with Gasteiger partial charge in [-0.05, 0) is 24.7 Å². The van der Waals surface area contributed by atoms with Crippen molar-refractivity contribution in [2.24, 2.45) is 22.9 Å². The highest BCUT2D eigenvalue weighted by atomic mass is 16.5. The Balaban J connectivity index is 2.35. The minimum absolute atomic E-state index is 0.111. The Bertz CT molecular complexity index is 472. The summed E-state index contributed by atoms with van der Waals surface area (Å²) < 4.78 is 9.95. The first kappa shape index (κ1) is 20.9. The van der Waals surface area contributed by atoms with Gasteiger partial charge in [0.1, 0.15) is 0 Å². The van der Waals surface area contributed by atoms with Crippen LogP contribution in [0.2, 0.25) is 0 Å². The third kappa shape index (κ3) is 8.51. The zero-order valence-electron chi connectivity index (χ0n) is 14.9. The highest BCUT2D eigenvalue weighted by molar-refractivity contribution is 6.10. The predicted molar refractivity (Wildman–Crippen MR) is 89.9 cm³/mol. The topological polar surface area (TPSA) is 114 Å². The van der Waals surface area contributed by atoms with Crippen LogP contribution in [-0.2, 0) is 23.9 Å². The Morgan fingerprint density at radius 3 is 2.48 bits per heavy atom. The van der Waals surface area contributed by atoms with Crippen LogP contribution in [0.3, 0.4) is 0 Å². The van der Waals surface area contributed by atoms with Crippen molar-refractivity contribution in [3.8, 4) is 0 Å². The zero-order chi connectivity index (χ0) is 18.7. The zero-order valence-corrected chi connectivity index (χ0v) is 14.9. The fourth-order valence-corrected chi connectivity index (χ4v) is 2.62. The Morgan fingerprint density at radius 1 is 1.20 bits per heavy atom. The standard InChI is InChI=1S/C17H28N2O6/c1-12(2)10-24-17(22)14(9-19-23)16(21)18-11-25-15(20)8-13-6-4-3-5-7-13/h9,12-14,23H,3-8,10-11H2,1-2H3,(H,18,21). The van der Waals surface area contributed by atoms with Crippen molar-refractivity contribution in [3.05, 3.63) is 0 Å². The molecule has 1 unspecified atom stereocenters. The van der Waals surface area contributed by atoms with E-state index in [0.29, 0.717) is 12.3 Å². The van der Waals surface area contributed by atoms with Gasteiger partial charge in [-0.15, -0.1) is 5.16 Å². The molecule has 8 heteroatoms. The number of carbonyl (C=O) groups excluding carboxylic acids is 3. The van der Waals surface area contributed by atoms with Gasteiger partial charge in [-0.25, -0.2) is 0 Å². The van der Waals surface area contributed by atoms with E-state index < -0.39 is 17.8 Å². The first-order valence-electron chi connectivity index (χ1n) is 8.71. The van der Waals surface area contributed by atoms with Crippen molar-refractivity contribution >= 4 is 24.1 Å². The van der Waals surface area contributed by atoms with Gasteiger partial charge in [0.15, 0.2) is 12.6 Å². The number of amides is 1. The Morgan fingerprint density at radius 2 is 1.88 bits per heavy atom. The molecule has 0 heterocycles. The molecular formula is C17H28N2O6. The van der Waals surface area contributed by atoms with Gasteiger partial charge in [0.05, 0.1) is 12.8 Å². The summed E-state index contributed by atoms with van der Waals surface area (Å²) in [6.45, 7) is 3.53. The number of oxime groups is 1. The molecule has 8 nitrogen and oxygen atoms in total. The highest BCUT2D eigenvalue weighted by Crippen LogP contribution is 2.26. The SMILES string of the molecule is CC(C)COC(=O)C(C=NO)C(=O)NCOC(=O)CC1CCCCC1. The lowest BCUT2D eigenvalue weighted by Gasteiger charge is -2.20. The molecule has 1 saturated carbocycles. The molecule has 0 aliphatic heterocycles. The average Bonchev–Trinajstić information content (AvgIpc) is 2.58. The van der Waals surface area contributed by atoms with E-state index >= 15 is 0 Å². The maximum Gasteiger partial charge on any atom is 0.324 e. The summed E-state index contributed by atoms with van der Waals surface area (Å²) in [7, 11) is 0. The van der Waals surface area contributed by atoms with Crippen LogP contribution in [0.4, 0.5) is 0 Å². The van der Waals surface area contributed by atoms with Crippen molar-refractivity contribution in [2.75, 3.05) is 13.3 Å². The van der Waals surface area contributed by atoms with E-state index in [0.717, 1.165) is 31.9 Å². The lowest BCUT2D eigenvalue weighted by atomic mass is 9.87. The molecule has 0 aromatic rings. The first-order valence-corrected chi connectivity index (χ1v) is 8.71. The number of esters is 2. The number of nitrogens with one attached hydrogen (secondary N) is 1. The molecule has 2 N–H and O–H groups in total. The molecule has 0 saturated heterocycles. The van der Waals surface area contributed by atoms with Crippen LogP contribution in [0.5, 0.6) is 0 Å². The number of hydrogen-bond acceptors (Lipinski definition) is 7. The second-order valence-corrected chi connectivity index (χ2v) is 6.68. The van der Waals surface area contributed by atoms with Gasteiger partial charge in [-0.1, -0.05) is 33.1 Å². The third-order valence-electron chi connectivity index (χ3n) is 3.97. The van der Waals surface area contributed by atoms with Crippen LogP contribution in [0.1, 0.15) is 52.4 Å². The van der Waals surface area contributed by atoms with Gasteiger partial charge in [-0.3, -0.25) is 14.4 Å². The number of ether oxygens (including phenoxy) is 2. The number of hydrogen-bond donors (Lipinski definition) is 2. The molecule has 0 aromatic heterocycles. The molecular weight excluding hydrogens is 328 g/mol. The van der Waals surface area contributed by atoms with Crippen molar-refractivity contribution in [1.29, 1.82) is 0 Å². The molecule has 1 aliphatic carbocycles. The van der Waals surface area contributed by atoms with Crippen molar-refractivity contribution in [1.82, 2.24) is 5.32 Å². The molecule has 142 valence electrons. The lowest BCUT2D eigenvalue weighted by Crippen LogP contribution is -2.39. The molecule has 1 fully saturated rings. The largest absolute Gasteiger partial charge is 0.465 e. The molecule has 0 aromatic carbocycles. The van der Waals surface area contributed by atoms with Crippen LogP contribution in [-0.4, -0.2) is 42.6 Å². The minimum atomic E-state index is -1.39. The highest BCUT2D eigenvalue weighted by Gasteiger charge is 2.27. The van der Waals surface area contributed by atoms with Crippen LogP contribution >= 0.6 is 0 Å². The Kier molecular flexibility index (Phi) is 9.57. The molecule has 1 aliphatic rings. The summed E-state index contributed by atoms with van der Waals surface area (Å²) >= 11 is 0. The molecule has 25 heavy (non-hydrogen) atoms. The minimum Gasteiger partial charge on any atom is -0.465 e. The van der Waals surface area contributed by atoms with Crippen LogP contribution in [0.25, 0.3) is 0 Å².